The van der Waals surface area contributed by atoms with Crippen molar-refractivity contribution in [2.75, 3.05) is 0 Å². The van der Waals surface area contributed by atoms with Gasteiger partial charge in [0.05, 0.1) is 0 Å². The van der Waals surface area contributed by atoms with Crippen LogP contribution in [0.15, 0.2) is 15.3 Å². The fraction of sp³-hybridized carbons (Fsp3) is 0.455. The third-order valence-corrected chi connectivity index (χ3v) is 2.75. The van der Waals surface area contributed by atoms with Crippen molar-refractivity contribution in [2.45, 2.75) is 20.3 Å². The van der Waals surface area contributed by atoms with E-state index in [-0.39, 0.29) is 23.0 Å². The number of carbonyl (C=O) groups excluding carboxylic acids is 1. The van der Waals surface area contributed by atoms with Gasteiger partial charge in [0.25, 0.3) is 0 Å². The van der Waals surface area contributed by atoms with Crippen LogP contribution >= 0.6 is 0 Å². The molecule has 1 aliphatic carbocycles. The fourth-order valence-electron chi connectivity index (χ4n) is 1.70. The van der Waals surface area contributed by atoms with E-state index >= 15 is 0 Å². The fourth-order valence-corrected chi connectivity index (χ4v) is 1.70. The van der Waals surface area contributed by atoms with Gasteiger partial charge < -0.3 is 9.52 Å². The minimum Gasteiger partial charge on any atom is -0.507 e. The van der Waals surface area contributed by atoms with Gasteiger partial charge in [0, 0.05) is 12.0 Å². The highest BCUT2D eigenvalue weighted by atomic mass is 16.4. The summed E-state index contributed by atoms with van der Waals surface area (Å²) in [6.45, 7) is 3.49. The van der Waals surface area contributed by atoms with Gasteiger partial charge in [0.1, 0.15) is 17.1 Å². The largest absolute Gasteiger partial charge is 0.507 e. The molecule has 0 saturated heterocycles. The lowest BCUT2D eigenvalue weighted by Gasteiger charge is -2.01. The molecule has 0 amide bonds. The van der Waals surface area contributed by atoms with Gasteiger partial charge in [-0.15, -0.1) is 0 Å². The summed E-state index contributed by atoms with van der Waals surface area (Å²) < 4.78 is 4.79. The van der Waals surface area contributed by atoms with E-state index in [2.05, 4.69) is 0 Å². The third kappa shape index (κ3) is 1.67. The number of rotatable bonds is 2. The second-order valence-electron chi connectivity index (χ2n) is 4.09. The quantitative estimate of drug-likeness (QED) is 0.748. The summed E-state index contributed by atoms with van der Waals surface area (Å²) in [5.41, 5.74) is -0.938. The van der Waals surface area contributed by atoms with Crippen LogP contribution in [-0.2, 0) is 0 Å². The van der Waals surface area contributed by atoms with E-state index in [0.717, 1.165) is 6.42 Å². The van der Waals surface area contributed by atoms with Crippen molar-refractivity contribution >= 4 is 5.78 Å². The van der Waals surface area contributed by atoms with Crippen molar-refractivity contribution in [3.63, 3.8) is 0 Å². The molecule has 1 aromatic rings. The summed E-state index contributed by atoms with van der Waals surface area (Å²) in [5, 5.41) is 9.52. The normalized spacial score (nSPS) is 23.9. The van der Waals surface area contributed by atoms with Crippen molar-refractivity contribution in [1.29, 1.82) is 0 Å². The molecule has 2 rings (SSSR count). The number of aromatic hydroxyl groups is 1. The highest BCUT2D eigenvalue weighted by Crippen LogP contribution is 2.40. The molecule has 1 fully saturated rings. The number of carbonyl (C=O) groups is 1. The predicted octanol–water partition coefficient (Wildman–Crippen LogP) is 1.49. The summed E-state index contributed by atoms with van der Waals surface area (Å²) >= 11 is 0. The van der Waals surface area contributed by atoms with Crippen molar-refractivity contribution < 1.29 is 14.3 Å². The van der Waals surface area contributed by atoms with E-state index in [4.69, 9.17) is 4.42 Å². The lowest BCUT2D eigenvalue weighted by Crippen LogP contribution is -2.16. The van der Waals surface area contributed by atoms with Crippen LogP contribution in [0.5, 0.6) is 5.75 Å². The van der Waals surface area contributed by atoms with Gasteiger partial charge >= 0.3 is 5.63 Å². The Labute approximate surface area is 86.5 Å². The second kappa shape index (κ2) is 3.22. The van der Waals surface area contributed by atoms with Gasteiger partial charge in [0.15, 0.2) is 5.78 Å². The molecular formula is C11H12O4. The Morgan fingerprint density at radius 1 is 1.60 bits per heavy atom. The minimum atomic E-state index is -0.739. The van der Waals surface area contributed by atoms with E-state index in [1.807, 2.05) is 6.92 Å². The lowest BCUT2D eigenvalue weighted by molar-refractivity contribution is 0.0955. The molecule has 15 heavy (non-hydrogen) atoms. The number of ketones is 1. The maximum Gasteiger partial charge on any atom is 0.350 e. The number of hydrogen-bond donors (Lipinski definition) is 1. The monoisotopic (exact) mass is 208 g/mol. The first kappa shape index (κ1) is 9.96. The zero-order chi connectivity index (χ0) is 11.2. The smallest absolute Gasteiger partial charge is 0.350 e. The molecule has 1 aromatic heterocycles. The van der Waals surface area contributed by atoms with Crippen LogP contribution in [-0.4, -0.2) is 10.9 Å². The third-order valence-electron chi connectivity index (χ3n) is 2.75. The molecule has 80 valence electrons. The van der Waals surface area contributed by atoms with Crippen LogP contribution in [0, 0.1) is 18.8 Å². The Kier molecular flexibility index (Phi) is 2.14. The molecule has 0 unspecified atom stereocenters. The van der Waals surface area contributed by atoms with Gasteiger partial charge in [-0.2, -0.15) is 0 Å². The SMILES string of the molecule is Cc1cc(O)c(C(=O)[C@H]2C[C@@H]2C)c(=O)o1. The van der Waals surface area contributed by atoms with Crippen molar-refractivity contribution in [3.8, 4) is 5.75 Å². The molecule has 0 aliphatic heterocycles. The van der Waals surface area contributed by atoms with Crippen LogP contribution in [0.2, 0.25) is 0 Å². The molecule has 1 aliphatic rings. The zero-order valence-electron chi connectivity index (χ0n) is 8.61. The summed E-state index contributed by atoms with van der Waals surface area (Å²) in [7, 11) is 0. The first-order chi connectivity index (χ1) is 7.00. The molecule has 0 bridgehead atoms. The highest BCUT2D eigenvalue weighted by molar-refractivity contribution is 6.01. The van der Waals surface area contributed by atoms with Crippen molar-refractivity contribution in [2.24, 2.45) is 11.8 Å². The maximum absolute atomic E-state index is 11.8. The molecule has 1 saturated carbocycles. The molecule has 0 radical (unpaired) electrons. The lowest BCUT2D eigenvalue weighted by atomic mass is 10.1. The molecule has 1 heterocycles. The molecule has 0 aromatic carbocycles. The Hall–Kier alpha value is -1.58. The highest BCUT2D eigenvalue weighted by Gasteiger charge is 2.41. The Morgan fingerprint density at radius 3 is 2.67 bits per heavy atom. The summed E-state index contributed by atoms with van der Waals surface area (Å²) in [6.07, 6.45) is 0.783. The topological polar surface area (TPSA) is 67.5 Å². The molecule has 1 N–H and O–H groups in total. The van der Waals surface area contributed by atoms with E-state index in [9.17, 15) is 14.7 Å². The van der Waals surface area contributed by atoms with E-state index in [1.54, 1.807) is 6.92 Å². The van der Waals surface area contributed by atoms with Crippen LogP contribution in [0.25, 0.3) is 0 Å². The Bertz CT molecular complexity index is 472. The average Bonchev–Trinajstić information content (AvgIpc) is 2.80. The summed E-state index contributed by atoms with van der Waals surface area (Å²) in [6, 6.07) is 1.29. The first-order valence-electron chi connectivity index (χ1n) is 4.88. The van der Waals surface area contributed by atoms with Gasteiger partial charge in [0.2, 0.25) is 0 Å². The Morgan fingerprint density at radius 2 is 2.20 bits per heavy atom. The number of aryl methyl sites for hydroxylation is 1. The molecule has 4 heteroatoms. The maximum atomic E-state index is 11.8. The number of hydrogen-bond acceptors (Lipinski definition) is 4. The van der Waals surface area contributed by atoms with E-state index < -0.39 is 5.63 Å². The van der Waals surface area contributed by atoms with Crippen LogP contribution in [0.4, 0.5) is 0 Å². The standard InChI is InChI=1S/C11H12O4/c1-5-3-7(5)10(13)9-8(12)4-6(2)15-11(9)14/h4-5,7,12H,3H2,1-2H3/t5-,7-/m0/s1. The molecular weight excluding hydrogens is 196 g/mol. The molecule has 2 atom stereocenters. The van der Waals surface area contributed by atoms with Crippen LogP contribution in [0.1, 0.15) is 29.5 Å². The summed E-state index contributed by atoms with van der Waals surface area (Å²) in [4.78, 5) is 23.1. The number of Topliss-reactive ketones (excluding diaryl/α,β-unsaturated/α-hetero) is 1. The second-order valence-corrected chi connectivity index (χ2v) is 4.09. The van der Waals surface area contributed by atoms with E-state index in [1.165, 1.54) is 6.07 Å². The average molecular weight is 208 g/mol. The zero-order valence-corrected chi connectivity index (χ0v) is 8.61. The van der Waals surface area contributed by atoms with Crippen molar-refractivity contribution in [1.82, 2.24) is 0 Å². The minimum absolute atomic E-state index is 0.124. The van der Waals surface area contributed by atoms with Crippen molar-refractivity contribution in [3.05, 3.63) is 27.8 Å². The van der Waals surface area contributed by atoms with E-state index in [0.29, 0.717) is 11.7 Å². The van der Waals surface area contributed by atoms with Gasteiger partial charge in [-0.3, -0.25) is 4.79 Å². The van der Waals surface area contributed by atoms with Gasteiger partial charge in [-0.05, 0) is 19.3 Å². The first-order valence-corrected chi connectivity index (χ1v) is 4.88. The van der Waals surface area contributed by atoms with Crippen LogP contribution in [0.3, 0.4) is 0 Å². The molecule has 4 nitrogen and oxygen atoms in total. The van der Waals surface area contributed by atoms with Crippen LogP contribution < -0.4 is 5.63 Å². The predicted molar refractivity (Wildman–Crippen MR) is 53.0 cm³/mol. The summed E-state index contributed by atoms with van der Waals surface area (Å²) in [5.74, 6) is -0.0846. The van der Waals surface area contributed by atoms with Gasteiger partial charge in [-0.1, -0.05) is 6.92 Å². The Balaban J connectivity index is 2.44. The van der Waals surface area contributed by atoms with Gasteiger partial charge in [-0.25, -0.2) is 4.79 Å². The molecule has 0 spiro atoms.